The summed E-state index contributed by atoms with van der Waals surface area (Å²) in [6.07, 6.45) is 8.76. The Bertz CT molecular complexity index is 98.7. The van der Waals surface area contributed by atoms with Crippen LogP contribution in [0, 0.1) is 0 Å². The molecule has 0 unspecified atom stereocenters. The zero-order chi connectivity index (χ0) is 10.9. The molecular formula is C14H34Sn. The van der Waals surface area contributed by atoms with Gasteiger partial charge in [0.05, 0.1) is 0 Å². The summed E-state index contributed by atoms with van der Waals surface area (Å²) in [6.45, 7) is 7.02. The predicted molar refractivity (Wildman–Crippen MR) is 77.5 cm³/mol. The van der Waals surface area contributed by atoms with Crippen LogP contribution in [0.25, 0.3) is 0 Å². The van der Waals surface area contributed by atoms with Crippen LogP contribution >= 0.6 is 0 Å². The molecule has 0 bridgehead atoms. The van der Waals surface area contributed by atoms with E-state index in [-0.39, 0.29) is 7.43 Å². The van der Waals surface area contributed by atoms with Gasteiger partial charge in [-0.25, -0.2) is 0 Å². The summed E-state index contributed by atoms with van der Waals surface area (Å²) in [6, 6.07) is 0. The summed E-state index contributed by atoms with van der Waals surface area (Å²) < 4.78 is 4.97. The Kier molecular flexibility index (Phi) is 13.7. The normalized spacial score (nSPS) is 11.2. The molecular weight excluding hydrogens is 287 g/mol. The number of hydrogen-bond donors (Lipinski definition) is 0. The third-order valence-electron chi connectivity index (χ3n) is 3.40. The van der Waals surface area contributed by atoms with Crippen molar-refractivity contribution in [3.63, 3.8) is 0 Å². The number of rotatable bonds is 9. The van der Waals surface area contributed by atoms with Gasteiger partial charge < -0.3 is 0 Å². The van der Waals surface area contributed by atoms with Gasteiger partial charge in [0.1, 0.15) is 0 Å². The molecule has 0 aliphatic heterocycles. The fourth-order valence-electron chi connectivity index (χ4n) is 2.19. The minimum atomic E-state index is -1.56. The Labute approximate surface area is 103 Å². The van der Waals surface area contributed by atoms with Crippen molar-refractivity contribution < 1.29 is 0 Å². The van der Waals surface area contributed by atoms with E-state index in [0.29, 0.717) is 0 Å². The molecule has 0 saturated carbocycles. The van der Waals surface area contributed by atoms with Gasteiger partial charge in [0.2, 0.25) is 0 Å². The van der Waals surface area contributed by atoms with Gasteiger partial charge in [-0.05, 0) is 0 Å². The summed E-state index contributed by atoms with van der Waals surface area (Å²) in [7, 11) is 0. The standard InChI is InChI=1S/3C4H9.CH4.CH3.Sn/c3*1-3-4-2;;;/h3*1,3-4H2,2H3;1H4;1H3;. The van der Waals surface area contributed by atoms with Crippen LogP contribution in [0.1, 0.15) is 66.7 Å². The molecule has 0 rings (SSSR count). The van der Waals surface area contributed by atoms with Crippen LogP contribution in [-0.2, 0) is 0 Å². The first-order chi connectivity index (χ1) is 6.68. The molecule has 94 valence electrons. The van der Waals surface area contributed by atoms with E-state index in [1.807, 2.05) is 0 Å². The zero-order valence-electron chi connectivity index (χ0n) is 10.9. The predicted octanol–water partition coefficient (Wildman–Crippen LogP) is 6.10. The average molecular weight is 321 g/mol. The van der Waals surface area contributed by atoms with Crippen molar-refractivity contribution in [1.29, 1.82) is 0 Å². The van der Waals surface area contributed by atoms with Crippen molar-refractivity contribution >= 4 is 18.4 Å². The van der Waals surface area contributed by atoms with Gasteiger partial charge in [0.15, 0.2) is 0 Å². The molecule has 0 amide bonds. The van der Waals surface area contributed by atoms with Crippen LogP contribution in [0.3, 0.4) is 0 Å². The molecule has 0 aromatic carbocycles. The molecule has 0 nitrogen and oxygen atoms in total. The molecule has 0 radical (unpaired) electrons. The van der Waals surface area contributed by atoms with Crippen LogP contribution in [-0.4, -0.2) is 18.4 Å². The second kappa shape index (κ2) is 11.3. The monoisotopic (exact) mass is 322 g/mol. The van der Waals surface area contributed by atoms with E-state index in [1.54, 1.807) is 13.3 Å². The van der Waals surface area contributed by atoms with Crippen LogP contribution in [0.4, 0.5) is 0 Å². The summed E-state index contributed by atoms with van der Waals surface area (Å²) in [4.78, 5) is 2.72. The molecule has 0 fully saturated rings. The first-order valence-electron chi connectivity index (χ1n) is 6.68. The van der Waals surface area contributed by atoms with E-state index in [1.165, 1.54) is 38.5 Å². The van der Waals surface area contributed by atoms with Crippen molar-refractivity contribution in [2.75, 3.05) is 0 Å². The molecule has 0 heterocycles. The molecule has 0 spiro atoms. The van der Waals surface area contributed by atoms with Crippen molar-refractivity contribution in [3.8, 4) is 0 Å². The molecule has 0 saturated heterocycles. The van der Waals surface area contributed by atoms with Crippen molar-refractivity contribution in [2.45, 2.75) is 85.0 Å². The van der Waals surface area contributed by atoms with Gasteiger partial charge in [-0.3, -0.25) is 0 Å². The zero-order valence-corrected chi connectivity index (χ0v) is 13.7. The topological polar surface area (TPSA) is 0 Å². The van der Waals surface area contributed by atoms with Crippen molar-refractivity contribution in [3.05, 3.63) is 0 Å². The van der Waals surface area contributed by atoms with Crippen LogP contribution in [0.2, 0.25) is 18.2 Å². The maximum absolute atomic E-state index is 2.72. The van der Waals surface area contributed by atoms with E-state index in [2.05, 4.69) is 25.7 Å². The molecule has 0 N–H and O–H groups in total. The van der Waals surface area contributed by atoms with E-state index in [4.69, 9.17) is 0 Å². The van der Waals surface area contributed by atoms with Crippen LogP contribution < -0.4 is 0 Å². The maximum atomic E-state index is 2.72. The SMILES string of the molecule is C.CCC[CH2][Sn]([CH3])([CH2]CCC)[CH2]CCC. The van der Waals surface area contributed by atoms with E-state index < -0.39 is 18.4 Å². The minimum absolute atomic E-state index is 0. The van der Waals surface area contributed by atoms with E-state index in [0.717, 1.165) is 0 Å². The summed E-state index contributed by atoms with van der Waals surface area (Å²) in [5.41, 5.74) is 0. The van der Waals surface area contributed by atoms with Gasteiger partial charge in [0.25, 0.3) is 0 Å². The third-order valence-corrected chi connectivity index (χ3v) is 16.8. The fourth-order valence-corrected chi connectivity index (χ4v) is 14.7. The van der Waals surface area contributed by atoms with E-state index in [9.17, 15) is 0 Å². The Balaban J connectivity index is 0. The molecule has 0 atom stereocenters. The van der Waals surface area contributed by atoms with Gasteiger partial charge in [-0.15, -0.1) is 0 Å². The fraction of sp³-hybridized carbons (Fsp3) is 1.00. The first kappa shape index (κ1) is 18.2. The summed E-state index contributed by atoms with van der Waals surface area (Å²) in [5, 5.41) is 0. The second-order valence-corrected chi connectivity index (χ2v) is 19.7. The summed E-state index contributed by atoms with van der Waals surface area (Å²) >= 11 is -1.56. The number of unbranched alkanes of at least 4 members (excludes halogenated alkanes) is 3. The van der Waals surface area contributed by atoms with Crippen molar-refractivity contribution in [2.24, 2.45) is 0 Å². The van der Waals surface area contributed by atoms with E-state index >= 15 is 0 Å². The Morgan fingerprint density at radius 2 is 0.933 bits per heavy atom. The third kappa shape index (κ3) is 9.71. The van der Waals surface area contributed by atoms with Gasteiger partial charge >= 0.3 is 95.9 Å². The Hall–Kier alpha value is 0.799. The molecule has 15 heavy (non-hydrogen) atoms. The molecule has 1 heteroatoms. The van der Waals surface area contributed by atoms with Crippen LogP contribution in [0.15, 0.2) is 0 Å². The first-order valence-corrected chi connectivity index (χ1v) is 15.6. The summed E-state index contributed by atoms with van der Waals surface area (Å²) in [5.74, 6) is 0. The second-order valence-electron chi connectivity index (χ2n) is 5.12. The average Bonchev–Trinajstić information content (AvgIpc) is 2.21. The van der Waals surface area contributed by atoms with Crippen molar-refractivity contribution in [1.82, 2.24) is 0 Å². The number of hydrogen-bond acceptors (Lipinski definition) is 0. The Morgan fingerprint density at radius 3 is 1.13 bits per heavy atom. The van der Waals surface area contributed by atoms with Crippen LogP contribution in [0.5, 0.6) is 0 Å². The molecule has 0 aliphatic rings. The molecule has 0 aromatic heterocycles. The van der Waals surface area contributed by atoms with Gasteiger partial charge in [0, 0.05) is 0 Å². The van der Waals surface area contributed by atoms with Gasteiger partial charge in [-0.1, -0.05) is 7.43 Å². The molecule has 0 aliphatic carbocycles. The van der Waals surface area contributed by atoms with Gasteiger partial charge in [-0.2, -0.15) is 0 Å². The molecule has 0 aromatic rings. The Morgan fingerprint density at radius 1 is 0.667 bits per heavy atom. The quantitative estimate of drug-likeness (QED) is 0.450.